The van der Waals surface area contributed by atoms with Gasteiger partial charge in [-0.05, 0) is 19.1 Å². The summed E-state index contributed by atoms with van der Waals surface area (Å²) in [6.45, 7) is 1.98. The average molecular weight is 298 g/mol. The fourth-order valence-corrected chi connectivity index (χ4v) is 1.93. The van der Waals surface area contributed by atoms with Gasteiger partial charge in [-0.3, -0.25) is 10.1 Å². The van der Waals surface area contributed by atoms with E-state index in [2.05, 4.69) is 15.4 Å². The van der Waals surface area contributed by atoms with Gasteiger partial charge in [-0.1, -0.05) is 48.0 Å². The van der Waals surface area contributed by atoms with E-state index < -0.39 is 12.3 Å². The Bertz CT molecular complexity index is 639. The monoisotopic (exact) mass is 298 g/mol. The van der Waals surface area contributed by atoms with E-state index in [9.17, 15) is 9.59 Å². The van der Waals surface area contributed by atoms with Crippen LogP contribution in [0.15, 0.2) is 54.6 Å². The predicted octanol–water partition coefficient (Wildman–Crippen LogP) is 2.97. The quantitative estimate of drug-likeness (QED) is 0.658. The third kappa shape index (κ3) is 4.09. The summed E-state index contributed by atoms with van der Waals surface area (Å²) in [5, 5.41) is 5.51. The third-order valence-electron chi connectivity index (χ3n) is 3.13. The molecule has 114 valence electrons. The van der Waals surface area contributed by atoms with Crippen LogP contribution >= 0.6 is 0 Å². The van der Waals surface area contributed by atoms with Crippen molar-refractivity contribution in [1.82, 2.24) is 5.32 Å². The van der Waals surface area contributed by atoms with Gasteiger partial charge in [0, 0.05) is 11.3 Å². The van der Waals surface area contributed by atoms with Crippen LogP contribution in [0, 0.1) is 6.92 Å². The summed E-state index contributed by atoms with van der Waals surface area (Å²) in [7, 11) is 1.26. The highest BCUT2D eigenvalue weighted by Gasteiger charge is 2.22. The Labute approximate surface area is 129 Å². The fourth-order valence-electron chi connectivity index (χ4n) is 1.93. The molecule has 1 amide bonds. The first kappa shape index (κ1) is 15.6. The summed E-state index contributed by atoms with van der Waals surface area (Å²) in [6, 6.07) is 16.3. The minimum Gasteiger partial charge on any atom is -0.453 e. The van der Waals surface area contributed by atoms with Crippen LogP contribution in [-0.2, 0) is 4.74 Å². The third-order valence-corrected chi connectivity index (χ3v) is 3.13. The highest BCUT2D eigenvalue weighted by molar-refractivity contribution is 6.02. The topological polar surface area (TPSA) is 67.4 Å². The SMILES string of the molecule is COC(=O)NC(Nc1ccc(C)cc1)C(=O)c1ccccc1. The van der Waals surface area contributed by atoms with Crippen molar-refractivity contribution < 1.29 is 14.3 Å². The van der Waals surface area contributed by atoms with E-state index in [0.29, 0.717) is 5.56 Å². The molecular formula is C17H18N2O3. The van der Waals surface area contributed by atoms with Crippen LogP contribution in [0.1, 0.15) is 15.9 Å². The summed E-state index contributed by atoms with van der Waals surface area (Å²) in [6.07, 6.45) is -1.58. The molecule has 0 spiro atoms. The normalized spacial score (nSPS) is 11.4. The van der Waals surface area contributed by atoms with E-state index >= 15 is 0 Å². The van der Waals surface area contributed by atoms with E-state index in [0.717, 1.165) is 11.3 Å². The molecule has 1 atom stereocenters. The lowest BCUT2D eigenvalue weighted by molar-refractivity contribution is 0.0944. The number of carbonyl (C=O) groups excluding carboxylic acids is 2. The van der Waals surface area contributed by atoms with Crippen LogP contribution < -0.4 is 10.6 Å². The minimum absolute atomic E-state index is 0.244. The summed E-state index contributed by atoms with van der Waals surface area (Å²) in [5.41, 5.74) is 2.34. The Balaban J connectivity index is 2.20. The molecular weight excluding hydrogens is 280 g/mol. The number of hydrogen-bond donors (Lipinski definition) is 2. The number of alkyl carbamates (subject to hydrolysis) is 1. The molecule has 5 nitrogen and oxygen atoms in total. The maximum Gasteiger partial charge on any atom is 0.408 e. The van der Waals surface area contributed by atoms with Gasteiger partial charge in [-0.2, -0.15) is 0 Å². The summed E-state index contributed by atoms with van der Waals surface area (Å²) >= 11 is 0. The van der Waals surface area contributed by atoms with Gasteiger partial charge in [0.05, 0.1) is 7.11 Å². The number of amides is 1. The molecule has 0 saturated carbocycles. The maximum atomic E-state index is 12.5. The smallest absolute Gasteiger partial charge is 0.408 e. The molecule has 0 fully saturated rings. The number of ether oxygens (including phenoxy) is 1. The molecule has 1 unspecified atom stereocenters. The zero-order valence-electron chi connectivity index (χ0n) is 12.5. The Morgan fingerprint density at radius 2 is 1.64 bits per heavy atom. The number of aryl methyl sites for hydroxylation is 1. The molecule has 2 aromatic rings. The second-order valence-corrected chi connectivity index (χ2v) is 4.81. The Kier molecular flexibility index (Phi) is 5.14. The number of ketones is 1. The van der Waals surface area contributed by atoms with Gasteiger partial charge in [0.15, 0.2) is 6.17 Å². The van der Waals surface area contributed by atoms with Crippen LogP contribution in [-0.4, -0.2) is 25.2 Å². The lowest BCUT2D eigenvalue weighted by Crippen LogP contribution is -2.46. The van der Waals surface area contributed by atoms with Crippen molar-refractivity contribution in [3.8, 4) is 0 Å². The maximum absolute atomic E-state index is 12.5. The molecule has 2 rings (SSSR count). The zero-order valence-corrected chi connectivity index (χ0v) is 12.5. The molecule has 0 aromatic heterocycles. The zero-order chi connectivity index (χ0) is 15.9. The number of hydrogen-bond acceptors (Lipinski definition) is 4. The standard InChI is InChI=1S/C17H18N2O3/c1-12-8-10-14(11-9-12)18-16(19-17(21)22-2)15(20)13-6-4-3-5-7-13/h3-11,16,18H,1-2H3,(H,19,21). The number of rotatable bonds is 5. The van der Waals surface area contributed by atoms with Crippen LogP contribution in [0.4, 0.5) is 10.5 Å². The van der Waals surface area contributed by atoms with E-state index in [4.69, 9.17) is 0 Å². The van der Waals surface area contributed by atoms with Crippen molar-refractivity contribution in [2.75, 3.05) is 12.4 Å². The first-order chi connectivity index (χ1) is 10.6. The van der Waals surface area contributed by atoms with Gasteiger partial charge in [-0.15, -0.1) is 0 Å². The highest BCUT2D eigenvalue weighted by Crippen LogP contribution is 2.12. The van der Waals surface area contributed by atoms with Gasteiger partial charge in [-0.25, -0.2) is 4.79 Å². The molecule has 5 heteroatoms. The average Bonchev–Trinajstić information content (AvgIpc) is 2.56. The molecule has 2 aromatic carbocycles. The van der Waals surface area contributed by atoms with E-state index in [1.807, 2.05) is 37.3 Å². The van der Waals surface area contributed by atoms with E-state index in [-0.39, 0.29) is 5.78 Å². The summed E-state index contributed by atoms with van der Waals surface area (Å²) in [4.78, 5) is 24.0. The second-order valence-electron chi connectivity index (χ2n) is 4.81. The number of benzene rings is 2. The van der Waals surface area contributed by atoms with Crippen LogP contribution in [0.5, 0.6) is 0 Å². The van der Waals surface area contributed by atoms with Gasteiger partial charge in [0.1, 0.15) is 0 Å². The second kappa shape index (κ2) is 7.26. The van der Waals surface area contributed by atoms with Gasteiger partial charge >= 0.3 is 6.09 Å². The van der Waals surface area contributed by atoms with Gasteiger partial charge in [0.2, 0.25) is 5.78 Å². The summed E-state index contributed by atoms with van der Waals surface area (Å²) in [5.74, 6) is -0.244. The van der Waals surface area contributed by atoms with Crippen LogP contribution in [0.2, 0.25) is 0 Å². The number of carbonyl (C=O) groups is 2. The van der Waals surface area contributed by atoms with Crippen LogP contribution in [0.3, 0.4) is 0 Å². The molecule has 2 N–H and O–H groups in total. The Morgan fingerprint density at radius 3 is 2.23 bits per heavy atom. The Hall–Kier alpha value is -2.82. The van der Waals surface area contributed by atoms with Gasteiger partial charge in [0.25, 0.3) is 0 Å². The van der Waals surface area contributed by atoms with Crippen LogP contribution in [0.25, 0.3) is 0 Å². The number of anilines is 1. The predicted molar refractivity (Wildman–Crippen MR) is 84.9 cm³/mol. The molecule has 0 saturated heterocycles. The van der Waals surface area contributed by atoms with Crippen molar-refractivity contribution >= 4 is 17.6 Å². The van der Waals surface area contributed by atoms with E-state index in [1.54, 1.807) is 24.3 Å². The molecule has 0 aliphatic rings. The summed E-state index contributed by atoms with van der Waals surface area (Å²) < 4.78 is 4.58. The van der Waals surface area contributed by atoms with Crippen molar-refractivity contribution in [3.05, 3.63) is 65.7 Å². The molecule has 0 radical (unpaired) electrons. The fraction of sp³-hybridized carbons (Fsp3) is 0.176. The highest BCUT2D eigenvalue weighted by atomic mass is 16.5. The molecule has 0 bridgehead atoms. The first-order valence-corrected chi connectivity index (χ1v) is 6.87. The molecule has 22 heavy (non-hydrogen) atoms. The largest absolute Gasteiger partial charge is 0.453 e. The van der Waals surface area contributed by atoms with Crippen molar-refractivity contribution in [3.63, 3.8) is 0 Å². The first-order valence-electron chi connectivity index (χ1n) is 6.87. The van der Waals surface area contributed by atoms with Gasteiger partial charge < -0.3 is 10.1 Å². The van der Waals surface area contributed by atoms with E-state index in [1.165, 1.54) is 7.11 Å². The number of nitrogens with one attached hydrogen (secondary N) is 2. The van der Waals surface area contributed by atoms with Crippen molar-refractivity contribution in [2.45, 2.75) is 13.1 Å². The minimum atomic E-state index is -0.905. The molecule has 0 aliphatic carbocycles. The van der Waals surface area contributed by atoms with Crippen molar-refractivity contribution in [1.29, 1.82) is 0 Å². The molecule has 0 heterocycles. The lowest BCUT2D eigenvalue weighted by Gasteiger charge is -2.19. The van der Waals surface area contributed by atoms with Crippen molar-refractivity contribution in [2.24, 2.45) is 0 Å². The molecule has 0 aliphatic heterocycles. The Morgan fingerprint density at radius 1 is 1.00 bits per heavy atom. The number of Topliss-reactive ketones (excluding diaryl/α,β-unsaturated/α-hetero) is 1. The number of methoxy groups -OCH3 is 1. The lowest BCUT2D eigenvalue weighted by atomic mass is 10.1.